The summed E-state index contributed by atoms with van der Waals surface area (Å²) in [6, 6.07) is 1.59. The summed E-state index contributed by atoms with van der Waals surface area (Å²) < 4.78 is 5.50. The standard InChI is InChI=1S/C20H35NO/c1-3-21-18(13-11-17-6-4-5-7-20(17)21)12-8-16-9-14-19(22-2)15-10-16/h8,12,16-20H,3-7,9-11,13-15H2,1-2H3/b12-8+. The molecule has 1 aliphatic heterocycles. The maximum absolute atomic E-state index is 5.50. The predicted octanol–water partition coefficient (Wildman–Crippen LogP) is 4.79. The monoisotopic (exact) mass is 305 g/mol. The lowest BCUT2D eigenvalue weighted by molar-refractivity contribution is 0.0369. The van der Waals surface area contributed by atoms with E-state index in [-0.39, 0.29) is 0 Å². The molecule has 0 spiro atoms. The van der Waals surface area contributed by atoms with Crippen molar-refractivity contribution >= 4 is 0 Å². The van der Waals surface area contributed by atoms with Gasteiger partial charge in [-0.1, -0.05) is 31.9 Å². The summed E-state index contributed by atoms with van der Waals surface area (Å²) in [5.74, 6) is 1.80. The fourth-order valence-corrected chi connectivity index (χ4v) is 5.24. The molecule has 3 aliphatic rings. The van der Waals surface area contributed by atoms with Gasteiger partial charge in [0.25, 0.3) is 0 Å². The van der Waals surface area contributed by atoms with Crippen molar-refractivity contribution in [2.24, 2.45) is 11.8 Å². The molecule has 0 aromatic carbocycles. The van der Waals surface area contributed by atoms with Crippen LogP contribution in [-0.4, -0.2) is 36.7 Å². The van der Waals surface area contributed by atoms with Gasteiger partial charge in [0, 0.05) is 19.2 Å². The maximum Gasteiger partial charge on any atom is 0.0571 e. The largest absolute Gasteiger partial charge is 0.381 e. The molecular weight excluding hydrogens is 270 g/mol. The van der Waals surface area contributed by atoms with Crippen LogP contribution in [0.2, 0.25) is 0 Å². The minimum Gasteiger partial charge on any atom is -0.381 e. The Morgan fingerprint density at radius 1 is 0.909 bits per heavy atom. The third-order valence-corrected chi connectivity index (χ3v) is 6.58. The number of likely N-dealkylation sites (N-methyl/N-ethyl adjacent to an activating group) is 1. The van der Waals surface area contributed by atoms with Crippen molar-refractivity contribution in [3.63, 3.8) is 0 Å². The van der Waals surface area contributed by atoms with Gasteiger partial charge in [0.2, 0.25) is 0 Å². The third-order valence-electron chi connectivity index (χ3n) is 6.58. The Balaban J connectivity index is 1.56. The molecule has 1 heterocycles. The number of nitrogens with zero attached hydrogens (tertiary/aromatic N) is 1. The van der Waals surface area contributed by atoms with Crippen molar-refractivity contribution in [3.05, 3.63) is 12.2 Å². The van der Waals surface area contributed by atoms with Crippen LogP contribution in [0.5, 0.6) is 0 Å². The van der Waals surface area contributed by atoms with Gasteiger partial charge in [-0.15, -0.1) is 0 Å². The summed E-state index contributed by atoms with van der Waals surface area (Å²) in [5.41, 5.74) is 0. The first-order valence-electron chi connectivity index (χ1n) is 9.78. The smallest absolute Gasteiger partial charge is 0.0571 e. The Kier molecular flexibility index (Phi) is 5.98. The summed E-state index contributed by atoms with van der Waals surface area (Å²) in [6.07, 6.45) is 19.5. The molecule has 0 radical (unpaired) electrons. The Hall–Kier alpha value is -0.340. The van der Waals surface area contributed by atoms with Gasteiger partial charge in [0.1, 0.15) is 0 Å². The number of methoxy groups -OCH3 is 1. The number of likely N-dealkylation sites (tertiary alicyclic amines) is 1. The number of piperidine rings is 1. The molecule has 3 rings (SSSR count). The van der Waals surface area contributed by atoms with Crippen LogP contribution in [0.3, 0.4) is 0 Å². The van der Waals surface area contributed by atoms with Crippen LogP contribution >= 0.6 is 0 Å². The zero-order chi connectivity index (χ0) is 15.4. The van der Waals surface area contributed by atoms with Crippen LogP contribution in [0.15, 0.2) is 12.2 Å². The van der Waals surface area contributed by atoms with Crippen LogP contribution in [0.1, 0.15) is 71.1 Å². The molecule has 3 unspecified atom stereocenters. The van der Waals surface area contributed by atoms with Gasteiger partial charge in [0.15, 0.2) is 0 Å². The molecule has 2 heteroatoms. The van der Waals surface area contributed by atoms with Crippen LogP contribution in [-0.2, 0) is 4.74 Å². The number of rotatable bonds is 4. The second kappa shape index (κ2) is 7.97. The molecule has 0 bridgehead atoms. The summed E-state index contributed by atoms with van der Waals surface area (Å²) in [4.78, 5) is 2.82. The number of fused-ring (bicyclic) bond motifs is 1. The fourth-order valence-electron chi connectivity index (χ4n) is 5.24. The van der Waals surface area contributed by atoms with Crippen molar-refractivity contribution in [1.29, 1.82) is 0 Å². The van der Waals surface area contributed by atoms with Crippen molar-refractivity contribution in [3.8, 4) is 0 Å². The molecule has 1 saturated heterocycles. The number of ether oxygens (including phenoxy) is 1. The minimum atomic E-state index is 0.523. The summed E-state index contributed by atoms with van der Waals surface area (Å²) in [6.45, 7) is 3.59. The Morgan fingerprint density at radius 3 is 2.41 bits per heavy atom. The second-order valence-electron chi connectivity index (χ2n) is 7.74. The van der Waals surface area contributed by atoms with Gasteiger partial charge in [-0.3, -0.25) is 4.90 Å². The fraction of sp³-hybridized carbons (Fsp3) is 0.900. The van der Waals surface area contributed by atoms with E-state index in [9.17, 15) is 0 Å². The van der Waals surface area contributed by atoms with Crippen molar-refractivity contribution in [2.45, 2.75) is 89.3 Å². The van der Waals surface area contributed by atoms with Gasteiger partial charge in [-0.25, -0.2) is 0 Å². The Morgan fingerprint density at radius 2 is 1.68 bits per heavy atom. The summed E-state index contributed by atoms with van der Waals surface area (Å²) in [7, 11) is 1.86. The van der Waals surface area contributed by atoms with E-state index < -0.39 is 0 Å². The van der Waals surface area contributed by atoms with Gasteiger partial charge < -0.3 is 4.74 Å². The second-order valence-corrected chi connectivity index (χ2v) is 7.74. The number of allylic oxidation sites excluding steroid dienone is 1. The lowest BCUT2D eigenvalue weighted by Crippen LogP contribution is -2.51. The zero-order valence-corrected chi connectivity index (χ0v) is 14.7. The van der Waals surface area contributed by atoms with Gasteiger partial charge in [0.05, 0.1) is 6.10 Å². The van der Waals surface area contributed by atoms with E-state index in [0.29, 0.717) is 12.1 Å². The quantitative estimate of drug-likeness (QED) is 0.692. The highest BCUT2D eigenvalue weighted by Crippen LogP contribution is 2.38. The lowest BCUT2D eigenvalue weighted by atomic mass is 9.76. The van der Waals surface area contributed by atoms with Gasteiger partial charge in [-0.05, 0) is 69.7 Å². The molecule has 0 aromatic rings. The molecule has 22 heavy (non-hydrogen) atoms. The van der Waals surface area contributed by atoms with E-state index >= 15 is 0 Å². The molecule has 0 aromatic heterocycles. The van der Waals surface area contributed by atoms with Crippen molar-refractivity contribution in [1.82, 2.24) is 4.90 Å². The predicted molar refractivity (Wildman–Crippen MR) is 93.0 cm³/mol. The van der Waals surface area contributed by atoms with E-state index in [1.165, 1.54) is 70.8 Å². The van der Waals surface area contributed by atoms with E-state index in [1.807, 2.05) is 7.11 Å². The summed E-state index contributed by atoms with van der Waals surface area (Å²) in [5, 5.41) is 0. The van der Waals surface area contributed by atoms with E-state index in [1.54, 1.807) is 0 Å². The van der Waals surface area contributed by atoms with Crippen LogP contribution in [0, 0.1) is 11.8 Å². The highest BCUT2D eigenvalue weighted by molar-refractivity contribution is 5.03. The van der Waals surface area contributed by atoms with Crippen molar-refractivity contribution in [2.75, 3.05) is 13.7 Å². The van der Waals surface area contributed by atoms with E-state index in [0.717, 1.165) is 17.9 Å². The van der Waals surface area contributed by atoms with Gasteiger partial charge >= 0.3 is 0 Å². The van der Waals surface area contributed by atoms with E-state index in [2.05, 4.69) is 24.0 Å². The highest BCUT2D eigenvalue weighted by Gasteiger charge is 2.36. The average molecular weight is 306 g/mol. The molecule has 0 N–H and O–H groups in total. The van der Waals surface area contributed by atoms with Crippen molar-refractivity contribution < 1.29 is 4.74 Å². The molecule has 126 valence electrons. The molecule has 0 amide bonds. The molecule has 2 saturated carbocycles. The molecule has 2 aliphatic carbocycles. The number of hydrogen-bond donors (Lipinski definition) is 0. The highest BCUT2D eigenvalue weighted by atomic mass is 16.5. The molecule has 2 nitrogen and oxygen atoms in total. The first-order valence-corrected chi connectivity index (χ1v) is 9.78. The first kappa shape index (κ1) is 16.5. The first-order chi connectivity index (χ1) is 10.8. The van der Waals surface area contributed by atoms with Crippen LogP contribution < -0.4 is 0 Å². The van der Waals surface area contributed by atoms with Crippen LogP contribution in [0.4, 0.5) is 0 Å². The maximum atomic E-state index is 5.50. The molecular formula is C20H35NO. The molecule has 3 fully saturated rings. The summed E-state index contributed by atoms with van der Waals surface area (Å²) >= 11 is 0. The zero-order valence-electron chi connectivity index (χ0n) is 14.7. The average Bonchev–Trinajstić information content (AvgIpc) is 2.59. The minimum absolute atomic E-state index is 0.523. The Bertz CT molecular complexity index is 359. The van der Waals surface area contributed by atoms with Crippen LogP contribution in [0.25, 0.3) is 0 Å². The van der Waals surface area contributed by atoms with E-state index in [4.69, 9.17) is 4.74 Å². The topological polar surface area (TPSA) is 12.5 Å². The van der Waals surface area contributed by atoms with Gasteiger partial charge in [-0.2, -0.15) is 0 Å². The number of hydrogen-bond acceptors (Lipinski definition) is 2. The Labute approximate surface area is 137 Å². The normalized spacial score (nSPS) is 40.7. The molecule has 3 atom stereocenters. The third kappa shape index (κ3) is 3.76. The lowest BCUT2D eigenvalue weighted by Gasteiger charge is -2.47. The SMILES string of the molecule is CCN1C(/C=C/C2CCC(OC)CC2)CCC2CCCCC21.